The Hall–Kier alpha value is -3.63. The molecule has 3 aromatic heterocycles. The van der Waals surface area contributed by atoms with Gasteiger partial charge in [-0.15, -0.1) is 11.3 Å². The standard InChI is InChI=1S/C25H23FN6O2S/c1-14(15-5-6-33-11-15)34-21-8-16(17-9-30-32(2)10-17)7-20-22(21)25(28-12-27-20)31-18-3-4-19-24(23(18)26)35-13-29-19/h3-4,7-10,12-15H,5-6,11H2,1-2H3,(H,27,28,31)/t14-,15+/m1/s1. The normalized spacial score (nSPS) is 16.7. The average Bonchev–Trinajstić information content (AvgIpc) is 3.63. The van der Waals surface area contributed by atoms with Crippen molar-refractivity contribution in [3.8, 4) is 16.9 Å². The van der Waals surface area contributed by atoms with Gasteiger partial charge in [0.05, 0.1) is 45.1 Å². The summed E-state index contributed by atoms with van der Waals surface area (Å²) in [6, 6.07) is 7.41. The Kier molecular flexibility index (Phi) is 5.54. The smallest absolute Gasteiger partial charge is 0.166 e. The molecule has 5 aromatic rings. The third-order valence-corrected chi connectivity index (χ3v) is 7.21. The number of rotatable bonds is 6. The first-order chi connectivity index (χ1) is 17.1. The average molecular weight is 491 g/mol. The van der Waals surface area contributed by atoms with Crippen molar-refractivity contribution in [3.05, 3.63) is 54.3 Å². The molecule has 6 rings (SSSR count). The molecule has 178 valence electrons. The predicted molar refractivity (Wildman–Crippen MR) is 134 cm³/mol. The Balaban J connectivity index is 1.47. The summed E-state index contributed by atoms with van der Waals surface area (Å²) in [6.07, 6.45) is 6.09. The van der Waals surface area contributed by atoms with Crippen molar-refractivity contribution in [1.82, 2.24) is 24.7 Å². The minimum Gasteiger partial charge on any atom is -0.489 e. The zero-order valence-corrected chi connectivity index (χ0v) is 20.1. The van der Waals surface area contributed by atoms with E-state index in [4.69, 9.17) is 9.47 Å². The van der Waals surface area contributed by atoms with Crippen molar-refractivity contribution in [2.75, 3.05) is 18.5 Å². The summed E-state index contributed by atoms with van der Waals surface area (Å²) in [5.74, 6) is 1.03. The van der Waals surface area contributed by atoms with Crippen LogP contribution in [0.25, 0.3) is 32.2 Å². The van der Waals surface area contributed by atoms with Crippen molar-refractivity contribution in [3.63, 3.8) is 0 Å². The summed E-state index contributed by atoms with van der Waals surface area (Å²) in [6.45, 7) is 3.46. The maximum absolute atomic E-state index is 15.2. The third kappa shape index (κ3) is 4.08. The summed E-state index contributed by atoms with van der Waals surface area (Å²) >= 11 is 1.27. The van der Waals surface area contributed by atoms with Crippen molar-refractivity contribution in [2.45, 2.75) is 19.4 Å². The minimum absolute atomic E-state index is 0.0804. The quantitative estimate of drug-likeness (QED) is 0.344. The molecule has 1 aliphatic rings. The number of benzene rings is 2. The molecule has 1 fully saturated rings. The van der Waals surface area contributed by atoms with Crippen molar-refractivity contribution in [2.24, 2.45) is 13.0 Å². The lowest BCUT2D eigenvalue weighted by Gasteiger charge is -2.22. The van der Waals surface area contributed by atoms with Crippen LogP contribution in [-0.2, 0) is 11.8 Å². The molecule has 10 heteroatoms. The number of anilines is 2. The zero-order chi connectivity index (χ0) is 23.9. The van der Waals surface area contributed by atoms with E-state index in [1.54, 1.807) is 28.5 Å². The molecule has 4 heterocycles. The molecule has 1 N–H and O–H groups in total. The van der Waals surface area contributed by atoms with Gasteiger partial charge in [-0.2, -0.15) is 5.10 Å². The molecule has 0 saturated carbocycles. The summed E-state index contributed by atoms with van der Waals surface area (Å²) in [4.78, 5) is 13.2. The molecule has 0 bridgehead atoms. The van der Waals surface area contributed by atoms with Gasteiger partial charge in [-0.1, -0.05) is 0 Å². The highest BCUT2D eigenvalue weighted by atomic mass is 32.1. The summed E-state index contributed by atoms with van der Waals surface area (Å²) in [5.41, 5.74) is 5.15. The van der Waals surface area contributed by atoms with E-state index >= 15 is 4.39 Å². The first-order valence-electron chi connectivity index (χ1n) is 11.4. The molecule has 1 aliphatic heterocycles. The molecular formula is C25H23FN6O2S. The number of fused-ring (bicyclic) bond motifs is 2. The van der Waals surface area contributed by atoms with E-state index in [0.717, 1.165) is 24.2 Å². The SMILES string of the molecule is C[C@@H](Oc1cc(-c2cnn(C)c2)cc2ncnc(Nc3ccc4ncsc4c3F)c12)[C@H]1CCOC1. The monoisotopic (exact) mass is 490 g/mol. The molecule has 2 atom stereocenters. The maximum atomic E-state index is 15.2. The van der Waals surface area contributed by atoms with E-state index < -0.39 is 0 Å². The Labute approximate surface area is 204 Å². The number of halogens is 1. The largest absolute Gasteiger partial charge is 0.489 e. The van der Waals surface area contributed by atoms with Gasteiger partial charge in [-0.3, -0.25) is 4.68 Å². The molecule has 8 nitrogen and oxygen atoms in total. The number of hydrogen-bond acceptors (Lipinski definition) is 8. The second kappa shape index (κ2) is 8.86. The lowest BCUT2D eigenvalue weighted by molar-refractivity contribution is 0.124. The fraction of sp³-hybridized carbons (Fsp3) is 0.280. The van der Waals surface area contributed by atoms with E-state index in [-0.39, 0.29) is 11.9 Å². The number of ether oxygens (including phenoxy) is 2. The van der Waals surface area contributed by atoms with Crippen LogP contribution in [0.4, 0.5) is 15.9 Å². The highest BCUT2D eigenvalue weighted by molar-refractivity contribution is 7.16. The van der Waals surface area contributed by atoms with Crippen LogP contribution in [0.2, 0.25) is 0 Å². The van der Waals surface area contributed by atoms with Crippen molar-refractivity contribution in [1.29, 1.82) is 0 Å². The Morgan fingerprint density at radius 2 is 2.11 bits per heavy atom. The fourth-order valence-corrected chi connectivity index (χ4v) is 5.14. The van der Waals surface area contributed by atoms with Crippen LogP contribution in [0.15, 0.2) is 48.5 Å². The molecule has 1 saturated heterocycles. The third-order valence-electron chi connectivity index (χ3n) is 6.37. The number of nitrogens with zero attached hydrogens (tertiary/aromatic N) is 5. The maximum Gasteiger partial charge on any atom is 0.166 e. The van der Waals surface area contributed by atoms with Gasteiger partial charge in [-0.05, 0) is 43.2 Å². The highest BCUT2D eigenvalue weighted by Gasteiger charge is 2.25. The van der Waals surface area contributed by atoms with Crippen LogP contribution in [0.1, 0.15) is 13.3 Å². The highest BCUT2D eigenvalue weighted by Crippen LogP contribution is 2.38. The first kappa shape index (κ1) is 21.9. The van der Waals surface area contributed by atoms with Crippen LogP contribution in [0, 0.1) is 11.7 Å². The first-order valence-corrected chi connectivity index (χ1v) is 12.3. The van der Waals surface area contributed by atoms with Crippen LogP contribution < -0.4 is 10.1 Å². The summed E-state index contributed by atoms with van der Waals surface area (Å²) < 4.78 is 29.5. The van der Waals surface area contributed by atoms with Gasteiger partial charge in [0.15, 0.2) is 5.82 Å². The van der Waals surface area contributed by atoms with Gasteiger partial charge < -0.3 is 14.8 Å². The molecule has 0 radical (unpaired) electrons. The molecule has 0 unspecified atom stereocenters. The van der Waals surface area contributed by atoms with Gasteiger partial charge in [0.25, 0.3) is 0 Å². The topological polar surface area (TPSA) is 87.0 Å². The number of hydrogen-bond donors (Lipinski definition) is 1. The fourth-order valence-electron chi connectivity index (χ4n) is 4.42. The van der Waals surface area contributed by atoms with Crippen LogP contribution in [0.5, 0.6) is 5.75 Å². The molecule has 35 heavy (non-hydrogen) atoms. The van der Waals surface area contributed by atoms with Crippen LogP contribution >= 0.6 is 11.3 Å². The van der Waals surface area contributed by atoms with E-state index in [1.807, 2.05) is 25.4 Å². The van der Waals surface area contributed by atoms with Crippen LogP contribution in [-0.4, -0.2) is 44.1 Å². The lowest BCUT2D eigenvalue weighted by Crippen LogP contribution is -2.24. The van der Waals surface area contributed by atoms with Crippen molar-refractivity contribution >= 4 is 44.0 Å². The van der Waals surface area contributed by atoms with E-state index in [1.165, 1.54) is 17.7 Å². The van der Waals surface area contributed by atoms with Gasteiger partial charge in [0.1, 0.15) is 24.0 Å². The predicted octanol–water partition coefficient (Wildman–Crippen LogP) is 5.33. The second-order valence-corrected chi connectivity index (χ2v) is 9.55. The van der Waals surface area contributed by atoms with Crippen LogP contribution in [0.3, 0.4) is 0 Å². The van der Waals surface area contributed by atoms with Gasteiger partial charge in [0.2, 0.25) is 0 Å². The Bertz CT molecular complexity index is 1530. The molecule has 0 amide bonds. The Morgan fingerprint density at radius 1 is 1.20 bits per heavy atom. The summed E-state index contributed by atoms with van der Waals surface area (Å²) in [5, 5.41) is 8.16. The Morgan fingerprint density at radius 3 is 2.91 bits per heavy atom. The second-order valence-electron chi connectivity index (χ2n) is 8.69. The van der Waals surface area contributed by atoms with E-state index in [9.17, 15) is 0 Å². The van der Waals surface area contributed by atoms with E-state index in [2.05, 4.69) is 32.3 Å². The summed E-state index contributed by atoms with van der Waals surface area (Å²) in [7, 11) is 1.88. The minimum atomic E-state index is -0.359. The van der Waals surface area contributed by atoms with Gasteiger partial charge >= 0.3 is 0 Å². The van der Waals surface area contributed by atoms with Gasteiger partial charge in [0, 0.05) is 31.3 Å². The molecule has 0 aliphatic carbocycles. The molecular weight excluding hydrogens is 467 g/mol. The molecule has 2 aromatic carbocycles. The number of nitrogens with one attached hydrogen (secondary N) is 1. The molecule has 0 spiro atoms. The zero-order valence-electron chi connectivity index (χ0n) is 19.2. The van der Waals surface area contributed by atoms with Gasteiger partial charge in [-0.25, -0.2) is 19.3 Å². The number of thiazole rings is 1. The number of aryl methyl sites for hydroxylation is 1. The number of aromatic nitrogens is 5. The lowest BCUT2D eigenvalue weighted by atomic mass is 10.0. The van der Waals surface area contributed by atoms with Crippen molar-refractivity contribution < 1.29 is 13.9 Å². The van der Waals surface area contributed by atoms with E-state index in [0.29, 0.717) is 50.9 Å².